The van der Waals surface area contributed by atoms with Crippen LogP contribution in [0.15, 0.2) is 23.1 Å². The summed E-state index contributed by atoms with van der Waals surface area (Å²) in [5.41, 5.74) is 5.38. The summed E-state index contributed by atoms with van der Waals surface area (Å²) in [4.78, 5) is 13.7. The molecule has 19 heavy (non-hydrogen) atoms. The summed E-state index contributed by atoms with van der Waals surface area (Å²) in [7, 11) is 0.161. The van der Waals surface area contributed by atoms with E-state index in [1.165, 1.54) is 11.0 Å². The molecule has 0 aliphatic heterocycles. The van der Waals surface area contributed by atoms with E-state index in [-0.39, 0.29) is 11.7 Å². The van der Waals surface area contributed by atoms with Gasteiger partial charge in [0.2, 0.25) is 5.91 Å². The van der Waals surface area contributed by atoms with Crippen molar-refractivity contribution in [1.82, 2.24) is 4.90 Å². The first kappa shape index (κ1) is 16.4. The zero-order valence-electron chi connectivity index (χ0n) is 10.6. The maximum Gasteiger partial charge on any atom is 0.235 e. The molecule has 1 aromatic rings. The van der Waals surface area contributed by atoms with Crippen LogP contribution in [-0.2, 0) is 15.6 Å². The van der Waals surface area contributed by atoms with Gasteiger partial charge in [0.25, 0.3) is 0 Å². The molecule has 1 unspecified atom stereocenters. The highest BCUT2D eigenvalue weighted by atomic mass is 35.5. The largest absolute Gasteiger partial charge is 0.345 e. The molecule has 0 aliphatic rings. The van der Waals surface area contributed by atoms with Crippen molar-refractivity contribution in [1.29, 1.82) is 0 Å². The summed E-state index contributed by atoms with van der Waals surface area (Å²) in [6.07, 6.45) is 0.715. The van der Waals surface area contributed by atoms with Crippen LogP contribution in [0.25, 0.3) is 0 Å². The zero-order chi connectivity index (χ0) is 14.4. The van der Waals surface area contributed by atoms with Gasteiger partial charge in [-0.15, -0.1) is 0 Å². The monoisotopic (exact) mass is 322 g/mol. The number of nitrogens with two attached hydrogens (primary N) is 1. The fourth-order valence-electron chi connectivity index (χ4n) is 1.40. The predicted octanol–water partition coefficient (Wildman–Crippen LogP) is 1.91. The molecule has 0 fully saturated rings. The highest BCUT2D eigenvalue weighted by molar-refractivity contribution is 7.85. The van der Waals surface area contributed by atoms with Gasteiger partial charge in [-0.2, -0.15) is 0 Å². The predicted molar refractivity (Wildman–Crippen MR) is 79.0 cm³/mol. The molecule has 0 bridgehead atoms. The normalized spacial score (nSPS) is 12.2. The minimum atomic E-state index is -1.50. The van der Waals surface area contributed by atoms with E-state index in [9.17, 15) is 9.00 Å². The van der Waals surface area contributed by atoms with Gasteiger partial charge >= 0.3 is 0 Å². The highest BCUT2D eigenvalue weighted by Gasteiger charge is 2.16. The third-order valence-electron chi connectivity index (χ3n) is 2.52. The van der Waals surface area contributed by atoms with Gasteiger partial charge in [0, 0.05) is 18.6 Å². The van der Waals surface area contributed by atoms with E-state index in [1.807, 2.05) is 0 Å². The summed E-state index contributed by atoms with van der Waals surface area (Å²) < 4.78 is 12.1. The summed E-state index contributed by atoms with van der Waals surface area (Å²) in [6.45, 7) is 1.07. The molecule has 1 atom stereocenters. The van der Waals surface area contributed by atoms with Crippen LogP contribution in [0.2, 0.25) is 10.0 Å². The topological polar surface area (TPSA) is 63.4 Å². The molecule has 0 spiro atoms. The quantitative estimate of drug-likeness (QED) is 0.870. The molecule has 0 saturated heterocycles. The lowest BCUT2D eigenvalue weighted by molar-refractivity contribution is -0.127. The van der Waals surface area contributed by atoms with Crippen LogP contribution in [0.1, 0.15) is 6.42 Å². The molecule has 2 N–H and O–H groups in total. The minimum Gasteiger partial charge on any atom is -0.345 e. The summed E-state index contributed by atoms with van der Waals surface area (Å²) >= 11 is 11.8. The molecule has 1 amide bonds. The molecule has 0 aliphatic carbocycles. The number of halogens is 2. The van der Waals surface area contributed by atoms with E-state index in [0.717, 1.165) is 0 Å². The lowest BCUT2D eigenvalue weighted by atomic mass is 10.4. The number of benzene rings is 1. The Morgan fingerprint density at radius 2 is 2.11 bits per heavy atom. The third-order valence-corrected chi connectivity index (χ3v) is 4.53. The number of carbonyl (C=O) groups is 1. The second-order valence-corrected chi connectivity index (χ2v) is 6.29. The van der Waals surface area contributed by atoms with Gasteiger partial charge in [-0.3, -0.25) is 9.00 Å². The second-order valence-electron chi connectivity index (χ2n) is 4.02. The van der Waals surface area contributed by atoms with E-state index in [1.54, 1.807) is 19.2 Å². The Balaban J connectivity index is 2.69. The number of hydrogen-bond acceptors (Lipinski definition) is 3. The van der Waals surface area contributed by atoms with Crippen molar-refractivity contribution in [2.45, 2.75) is 11.3 Å². The molecular formula is C12H16Cl2N2O2S. The molecule has 1 aromatic carbocycles. The number of amides is 1. The van der Waals surface area contributed by atoms with Crippen LogP contribution in [0.3, 0.4) is 0 Å². The standard InChI is InChI=1S/C12H16Cl2N2O2S/c1-16(6-2-5-15)12(17)8-19(18)11-7-9(13)3-4-10(11)14/h3-4,7H,2,5-6,8,15H2,1H3. The lowest BCUT2D eigenvalue weighted by Gasteiger charge is -2.16. The van der Waals surface area contributed by atoms with Crippen molar-refractivity contribution in [2.75, 3.05) is 25.9 Å². The average molecular weight is 323 g/mol. The van der Waals surface area contributed by atoms with Gasteiger partial charge in [-0.1, -0.05) is 23.2 Å². The average Bonchev–Trinajstić information content (AvgIpc) is 2.38. The number of carbonyl (C=O) groups excluding carboxylic acids is 1. The van der Waals surface area contributed by atoms with Crippen molar-refractivity contribution in [3.63, 3.8) is 0 Å². The van der Waals surface area contributed by atoms with Crippen molar-refractivity contribution >= 4 is 39.9 Å². The van der Waals surface area contributed by atoms with Crippen LogP contribution in [0.4, 0.5) is 0 Å². The molecular weight excluding hydrogens is 307 g/mol. The molecule has 0 heterocycles. The third kappa shape index (κ3) is 5.10. The van der Waals surface area contributed by atoms with E-state index in [2.05, 4.69) is 0 Å². The van der Waals surface area contributed by atoms with E-state index < -0.39 is 10.8 Å². The van der Waals surface area contributed by atoms with Crippen molar-refractivity contribution in [2.24, 2.45) is 5.73 Å². The first-order chi connectivity index (χ1) is 8.95. The maximum absolute atomic E-state index is 12.1. The van der Waals surface area contributed by atoms with E-state index in [4.69, 9.17) is 28.9 Å². The molecule has 0 saturated carbocycles. The van der Waals surface area contributed by atoms with Crippen LogP contribution >= 0.6 is 23.2 Å². The lowest BCUT2D eigenvalue weighted by Crippen LogP contribution is -2.32. The number of rotatable bonds is 6. The van der Waals surface area contributed by atoms with Gasteiger partial charge in [0.15, 0.2) is 0 Å². The SMILES string of the molecule is CN(CCCN)C(=O)CS(=O)c1cc(Cl)ccc1Cl. The molecule has 0 radical (unpaired) electrons. The minimum absolute atomic E-state index is 0.110. The Kier molecular flexibility index (Phi) is 6.79. The van der Waals surface area contributed by atoms with Gasteiger partial charge in [0.05, 0.1) is 20.7 Å². The molecule has 0 aromatic heterocycles. The number of hydrogen-bond donors (Lipinski definition) is 1. The first-order valence-corrected chi connectivity index (χ1v) is 7.80. The molecule has 7 heteroatoms. The summed E-state index contributed by atoms with van der Waals surface area (Å²) in [6, 6.07) is 4.70. The zero-order valence-corrected chi connectivity index (χ0v) is 12.9. The van der Waals surface area contributed by atoms with Gasteiger partial charge in [-0.25, -0.2) is 0 Å². The van der Waals surface area contributed by atoms with Gasteiger partial charge < -0.3 is 10.6 Å². The summed E-state index contributed by atoms with van der Waals surface area (Å²) in [5.74, 6) is -0.316. The van der Waals surface area contributed by atoms with Crippen LogP contribution < -0.4 is 5.73 Å². The first-order valence-electron chi connectivity index (χ1n) is 5.73. The van der Waals surface area contributed by atoms with E-state index in [0.29, 0.717) is 34.5 Å². The highest BCUT2D eigenvalue weighted by Crippen LogP contribution is 2.23. The van der Waals surface area contributed by atoms with E-state index >= 15 is 0 Å². The van der Waals surface area contributed by atoms with Crippen molar-refractivity contribution < 1.29 is 9.00 Å². The molecule has 106 valence electrons. The molecule has 1 rings (SSSR count). The Labute approximate surface area is 125 Å². The van der Waals surface area contributed by atoms with Crippen molar-refractivity contribution in [3.05, 3.63) is 28.2 Å². The van der Waals surface area contributed by atoms with Crippen LogP contribution in [-0.4, -0.2) is 40.9 Å². The molecule has 4 nitrogen and oxygen atoms in total. The van der Waals surface area contributed by atoms with Crippen molar-refractivity contribution in [3.8, 4) is 0 Å². The Hall–Kier alpha value is -0.620. The Morgan fingerprint density at radius 3 is 2.74 bits per heavy atom. The van der Waals surface area contributed by atoms with Gasteiger partial charge in [0.1, 0.15) is 5.75 Å². The fraction of sp³-hybridized carbons (Fsp3) is 0.417. The smallest absolute Gasteiger partial charge is 0.235 e. The Morgan fingerprint density at radius 1 is 1.42 bits per heavy atom. The van der Waals surface area contributed by atoms with Gasteiger partial charge in [-0.05, 0) is 31.2 Å². The maximum atomic E-state index is 12.1. The van der Waals surface area contributed by atoms with Crippen LogP contribution in [0, 0.1) is 0 Å². The second kappa shape index (κ2) is 7.85. The summed E-state index contributed by atoms with van der Waals surface area (Å²) in [5, 5.41) is 0.789. The fourth-order valence-corrected chi connectivity index (χ4v) is 3.16. The Bertz CT molecular complexity index is 483. The van der Waals surface area contributed by atoms with Crippen LogP contribution in [0.5, 0.6) is 0 Å². The number of nitrogens with zero attached hydrogens (tertiary/aromatic N) is 1.